The average molecular weight is 467 g/mol. The topological polar surface area (TPSA) is 105 Å². The first-order chi connectivity index (χ1) is 16.0. The summed E-state index contributed by atoms with van der Waals surface area (Å²) in [6, 6.07) is 14.1. The molecule has 0 bridgehead atoms. The number of hydrogen-bond acceptors (Lipinski definition) is 4. The number of benzene rings is 2. The Morgan fingerprint density at radius 1 is 0.941 bits per heavy atom. The van der Waals surface area contributed by atoms with Crippen LogP contribution in [-0.4, -0.2) is 41.8 Å². The first-order valence-corrected chi connectivity index (χ1v) is 11.6. The summed E-state index contributed by atoms with van der Waals surface area (Å²) < 4.78 is 5.58. The number of nitrogens with one attached hydrogen (secondary N) is 2. The molecule has 2 amide bonds. The fourth-order valence-corrected chi connectivity index (χ4v) is 4.38. The van der Waals surface area contributed by atoms with Gasteiger partial charge < -0.3 is 20.5 Å². The molecule has 3 rings (SSSR count). The Morgan fingerprint density at radius 3 is 1.94 bits per heavy atom. The molecule has 7 heteroatoms. The van der Waals surface area contributed by atoms with E-state index in [2.05, 4.69) is 22.8 Å². The number of amides is 2. The predicted octanol–water partition coefficient (Wildman–Crippen LogP) is 4.56. The van der Waals surface area contributed by atoms with Gasteiger partial charge in [-0.2, -0.15) is 0 Å². The summed E-state index contributed by atoms with van der Waals surface area (Å²) in [6.07, 6.45) is -0.350. The van der Waals surface area contributed by atoms with Gasteiger partial charge in [-0.3, -0.25) is 4.79 Å². The highest BCUT2D eigenvalue weighted by Crippen LogP contribution is 2.44. The number of carboxylic acid groups (broad SMARTS) is 1. The van der Waals surface area contributed by atoms with Crippen LogP contribution < -0.4 is 10.6 Å². The fraction of sp³-hybridized carbons (Fsp3) is 0.444. The minimum Gasteiger partial charge on any atom is -0.480 e. The molecule has 0 spiro atoms. The van der Waals surface area contributed by atoms with Crippen molar-refractivity contribution in [3.05, 3.63) is 59.7 Å². The van der Waals surface area contributed by atoms with E-state index in [0.29, 0.717) is 6.42 Å². The molecule has 0 radical (unpaired) electrons. The normalized spacial score (nSPS) is 14.6. The minimum atomic E-state index is -1.12. The third-order valence-corrected chi connectivity index (χ3v) is 6.06. The van der Waals surface area contributed by atoms with Crippen molar-refractivity contribution in [1.82, 2.24) is 10.6 Å². The fourth-order valence-electron chi connectivity index (χ4n) is 4.38. The second-order valence-corrected chi connectivity index (χ2v) is 10.3. The third-order valence-electron chi connectivity index (χ3n) is 6.06. The number of aliphatic carboxylic acids is 1. The maximum atomic E-state index is 12.9. The van der Waals surface area contributed by atoms with Crippen molar-refractivity contribution in [1.29, 1.82) is 0 Å². The summed E-state index contributed by atoms with van der Waals surface area (Å²) in [4.78, 5) is 37.3. The van der Waals surface area contributed by atoms with Gasteiger partial charge in [0.05, 0.1) is 0 Å². The zero-order valence-electron chi connectivity index (χ0n) is 20.4. The lowest BCUT2D eigenvalue weighted by Crippen LogP contribution is -2.55. The van der Waals surface area contributed by atoms with Crippen molar-refractivity contribution < 1.29 is 24.2 Å². The lowest BCUT2D eigenvalue weighted by atomic mass is 9.86. The van der Waals surface area contributed by atoms with Crippen molar-refractivity contribution in [3.63, 3.8) is 0 Å². The van der Waals surface area contributed by atoms with Crippen LogP contribution in [0.3, 0.4) is 0 Å². The number of rotatable bonds is 8. The number of carbonyl (C=O) groups excluding carboxylic acids is 2. The molecule has 7 nitrogen and oxygen atoms in total. The van der Waals surface area contributed by atoms with Crippen LogP contribution >= 0.6 is 0 Å². The predicted molar refractivity (Wildman–Crippen MR) is 130 cm³/mol. The lowest BCUT2D eigenvalue weighted by Gasteiger charge is -2.30. The molecular formula is C27H34N2O5. The van der Waals surface area contributed by atoms with Gasteiger partial charge in [-0.25, -0.2) is 9.59 Å². The summed E-state index contributed by atoms with van der Waals surface area (Å²) in [5, 5.41) is 14.8. The Morgan fingerprint density at radius 2 is 1.47 bits per heavy atom. The van der Waals surface area contributed by atoms with Gasteiger partial charge in [0.25, 0.3) is 0 Å². The van der Waals surface area contributed by atoms with Crippen LogP contribution in [-0.2, 0) is 14.3 Å². The van der Waals surface area contributed by atoms with Crippen LogP contribution in [0, 0.1) is 11.3 Å². The second-order valence-electron chi connectivity index (χ2n) is 10.3. The molecule has 1 aliphatic rings. The second kappa shape index (κ2) is 10.3. The first-order valence-electron chi connectivity index (χ1n) is 11.6. The quantitative estimate of drug-likeness (QED) is 0.529. The standard InChI is InChI=1S/C27H34N2O5/c1-16(2)14-22(24(30)29-23(25(31)32)27(3,4)5)28-26(33)34-15-21-19-12-8-6-10-17(19)18-11-7-9-13-20(18)21/h6-13,16,21-23H,14-15H2,1-5H3,(H,28,33)(H,29,30)(H,31,32)/t22-,23?/m1/s1. The summed E-state index contributed by atoms with van der Waals surface area (Å²) in [7, 11) is 0. The maximum absolute atomic E-state index is 12.9. The molecule has 2 aromatic carbocycles. The number of fused-ring (bicyclic) bond motifs is 3. The number of alkyl carbamates (subject to hydrolysis) is 1. The van der Waals surface area contributed by atoms with Crippen LogP contribution in [0.1, 0.15) is 58.1 Å². The lowest BCUT2D eigenvalue weighted by molar-refractivity contribution is -0.145. The zero-order valence-corrected chi connectivity index (χ0v) is 20.4. The molecule has 0 fully saturated rings. The highest BCUT2D eigenvalue weighted by Gasteiger charge is 2.35. The van der Waals surface area contributed by atoms with Gasteiger partial charge in [0, 0.05) is 5.92 Å². The van der Waals surface area contributed by atoms with E-state index in [9.17, 15) is 19.5 Å². The number of carboxylic acids is 1. The van der Waals surface area contributed by atoms with Crippen LogP contribution in [0.2, 0.25) is 0 Å². The maximum Gasteiger partial charge on any atom is 0.407 e. The van der Waals surface area contributed by atoms with Crippen molar-refractivity contribution in [2.45, 2.75) is 59.0 Å². The monoisotopic (exact) mass is 466 g/mol. The number of carbonyl (C=O) groups is 3. The minimum absolute atomic E-state index is 0.0900. The molecule has 3 N–H and O–H groups in total. The Bertz CT molecular complexity index is 1010. The highest BCUT2D eigenvalue weighted by molar-refractivity contribution is 5.89. The molecule has 0 saturated heterocycles. The van der Waals surface area contributed by atoms with Gasteiger partial charge in [-0.05, 0) is 40.0 Å². The van der Waals surface area contributed by atoms with E-state index in [0.717, 1.165) is 22.3 Å². The molecular weight excluding hydrogens is 432 g/mol. The molecule has 1 aliphatic carbocycles. The van der Waals surface area contributed by atoms with Gasteiger partial charge >= 0.3 is 12.1 Å². The van der Waals surface area contributed by atoms with Crippen LogP contribution in [0.15, 0.2) is 48.5 Å². The van der Waals surface area contributed by atoms with E-state index in [4.69, 9.17) is 4.74 Å². The Kier molecular flexibility index (Phi) is 7.64. The highest BCUT2D eigenvalue weighted by atomic mass is 16.5. The molecule has 0 saturated carbocycles. The van der Waals surface area contributed by atoms with Gasteiger partial charge in [0.2, 0.25) is 5.91 Å². The van der Waals surface area contributed by atoms with Gasteiger partial charge in [0.1, 0.15) is 18.7 Å². The Hall–Kier alpha value is -3.35. The molecule has 0 heterocycles. The number of ether oxygens (including phenoxy) is 1. The summed E-state index contributed by atoms with van der Waals surface area (Å²) in [6.45, 7) is 9.21. The van der Waals surface area contributed by atoms with Crippen molar-refractivity contribution >= 4 is 18.0 Å². The van der Waals surface area contributed by atoms with Crippen molar-refractivity contribution in [3.8, 4) is 11.1 Å². The zero-order chi connectivity index (χ0) is 25.0. The summed E-state index contributed by atoms with van der Waals surface area (Å²) in [5.41, 5.74) is 3.77. The molecule has 0 aromatic heterocycles. The molecule has 34 heavy (non-hydrogen) atoms. The van der Waals surface area contributed by atoms with E-state index in [-0.39, 0.29) is 18.4 Å². The molecule has 2 aromatic rings. The van der Waals surface area contributed by atoms with Gasteiger partial charge in [0.15, 0.2) is 0 Å². The Balaban J connectivity index is 1.69. The largest absolute Gasteiger partial charge is 0.480 e. The third kappa shape index (κ3) is 5.76. The van der Waals surface area contributed by atoms with Gasteiger partial charge in [-0.1, -0.05) is 83.1 Å². The number of hydrogen-bond donors (Lipinski definition) is 3. The SMILES string of the molecule is CC(C)C[C@@H](NC(=O)OCC1c2ccccc2-c2ccccc21)C(=O)NC(C(=O)O)C(C)(C)C. The van der Waals surface area contributed by atoms with Gasteiger partial charge in [-0.15, -0.1) is 0 Å². The van der Waals surface area contributed by atoms with Crippen molar-refractivity contribution in [2.24, 2.45) is 11.3 Å². The van der Waals surface area contributed by atoms with E-state index < -0.39 is 35.5 Å². The first kappa shape index (κ1) is 25.3. The molecule has 0 aliphatic heterocycles. The average Bonchev–Trinajstić information content (AvgIpc) is 3.08. The van der Waals surface area contributed by atoms with E-state index in [1.165, 1.54) is 0 Å². The van der Waals surface area contributed by atoms with Crippen LogP contribution in [0.25, 0.3) is 11.1 Å². The van der Waals surface area contributed by atoms with E-state index >= 15 is 0 Å². The summed E-state index contributed by atoms with van der Waals surface area (Å²) in [5.74, 6) is -1.65. The van der Waals surface area contributed by atoms with Crippen LogP contribution in [0.5, 0.6) is 0 Å². The smallest absolute Gasteiger partial charge is 0.407 e. The molecule has 2 atom stereocenters. The Labute approximate surface area is 200 Å². The van der Waals surface area contributed by atoms with E-state index in [1.54, 1.807) is 20.8 Å². The van der Waals surface area contributed by atoms with Crippen LogP contribution in [0.4, 0.5) is 4.79 Å². The molecule has 182 valence electrons. The summed E-state index contributed by atoms with van der Waals surface area (Å²) >= 11 is 0. The van der Waals surface area contributed by atoms with Crippen molar-refractivity contribution in [2.75, 3.05) is 6.61 Å². The van der Waals surface area contributed by atoms with E-state index in [1.807, 2.05) is 50.2 Å². The molecule has 1 unspecified atom stereocenters.